The molecule has 36 heavy (non-hydrogen) atoms. The Morgan fingerprint density at radius 1 is 1.11 bits per heavy atom. The molecule has 0 aliphatic carbocycles. The van der Waals surface area contributed by atoms with Crippen molar-refractivity contribution in [2.75, 3.05) is 0 Å². The third-order valence-corrected chi connectivity index (χ3v) is 7.03. The summed E-state index contributed by atoms with van der Waals surface area (Å²) in [5.41, 5.74) is 2.41. The van der Waals surface area contributed by atoms with Crippen LogP contribution in [-0.4, -0.2) is 34.3 Å². The molecule has 4 heterocycles. The Labute approximate surface area is 210 Å². The van der Waals surface area contributed by atoms with E-state index in [0.717, 1.165) is 41.9 Å². The molecule has 1 atom stereocenters. The van der Waals surface area contributed by atoms with Crippen LogP contribution in [0.3, 0.4) is 0 Å². The van der Waals surface area contributed by atoms with Crippen LogP contribution in [0.25, 0.3) is 17.2 Å². The summed E-state index contributed by atoms with van der Waals surface area (Å²) in [7, 11) is 0. The summed E-state index contributed by atoms with van der Waals surface area (Å²) in [6, 6.07) is 12.5. The van der Waals surface area contributed by atoms with Crippen LogP contribution >= 0.6 is 0 Å². The van der Waals surface area contributed by atoms with Crippen molar-refractivity contribution in [3.63, 3.8) is 0 Å². The van der Waals surface area contributed by atoms with Crippen molar-refractivity contribution < 1.29 is 0 Å². The number of hydrogen-bond donors (Lipinski definition) is 2. The lowest BCUT2D eigenvalue weighted by Crippen LogP contribution is -2.36. The number of aromatic amines is 1. The quantitative estimate of drug-likeness (QED) is 0.373. The van der Waals surface area contributed by atoms with Crippen molar-refractivity contribution >= 4 is 0 Å². The van der Waals surface area contributed by atoms with E-state index in [4.69, 9.17) is 0 Å². The molecule has 3 aromatic heterocycles. The number of hydrogen-bond acceptors (Lipinski definition) is 5. The molecule has 0 saturated carbocycles. The van der Waals surface area contributed by atoms with E-state index in [9.17, 15) is 4.79 Å². The van der Waals surface area contributed by atoms with Crippen molar-refractivity contribution in [2.45, 2.75) is 58.0 Å². The Hall–Kier alpha value is -4.14. The molecular formula is C27H32N8O. The van der Waals surface area contributed by atoms with Crippen LogP contribution in [-0.2, 0) is 18.4 Å². The van der Waals surface area contributed by atoms with E-state index in [1.54, 1.807) is 4.57 Å². The third kappa shape index (κ3) is 4.21. The zero-order chi connectivity index (χ0) is 25.1. The van der Waals surface area contributed by atoms with E-state index in [1.165, 1.54) is 0 Å². The Kier molecular flexibility index (Phi) is 6.45. The van der Waals surface area contributed by atoms with Crippen molar-refractivity contribution in [1.82, 2.24) is 39.6 Å². The van der Waals surface area contributed by atoms with Gasteiger partial charge in [-0.25, -0.2) is 9.89 Å². The highest BCUT2D eigenvalue weighted by Crippen LogP contribution is 2.33. The SMILES string of the molecule is CCCc1cn(-c2cccn2C(C)CC)c(=O)n1CC1(c2cccc(-c3nnn[nH]3)c2)C=CNC=C1. The fourth-order valence-corrected chi connectivity index (χ4v) is 4.87. The molecule has 1 aliphatic heterocycles. The zero-order valence-electron chi connectivity index (χ0n) is 20.9. The second kappa shape index (κ2) is 9.85. The predicted molar refractivity (Wildman–Crippen MR) is 140 cm³/mol. The summed E-state index contributed by atoms with van der Waals surface area (Å²) in [5, 5.41) is 17.5. The molecule has 1 unspecified atom stereocenters. The summed E-state index contributed by atoms with van der Waals surface area (Å²) in [5.74, 6) is 1.51. The molecule has 1 aromatic carbocycles. The minimum atomic E-state index is -0.522. The van der Waals surface area contributed by atoms with Gasteiger partial charge in [-0.3, -0.25) is 9.13 Å². The second-order valence-electron chi connectivity index (χ2n) is 9.34. The topological polar surface area (TPSA) is 98.3 Å². The van der Waals surface area contributed by atoms with Gasteiger partial charge in [0.05, 0.1) is 5.41 Å². The number of H-pyrrole nitrogens is 1. The Bertz CT molecular complexity index is 1420. The third-order valence-electron chi connectivity index (χ3n) is 7.03. The molecule has 0 spiro atoms. The van der Waals surface area contributed by atoms with Crippen molar-refractivity contribution in [2.24, 2.45) is 0 Å². The first kappa shape index (κ1) is 23.6. The molecule has 9 heteroatoms. The number of nitrogens with one attached hydrogen (secondary N) is 2. The smallest absolute Gasteiger partial charge is 0.334 e. The Morgan fingerprint density at radius 2 is 1.94 bits per heavy atom. The summed E-state index contributed by atoms with van der Waals surface area (Å²) < 4.78 is 5.91. The van der Waals surface area contributed by atoms with Gasteiger partial charge in [-0.15, -0.1) is 5.10 Å². The standard InChI is InChI=1S/C27H32N8O/c1-4-8-23-18-34(24-11-7-16-33(24)20(3)5-2)26(36)35(23)19-27(12-14-28-15-13-27)22-10-6-9-21(17-22)25-29-31-32-30-25/h6-7,9-18,20,28H,4-5,8,19H2,1-3H3,(H,29,30,31,32). The molecule has 4 aromatic rings. The fraction of sp³-hybridized carbons (Fsp3) is 0.333. The molecule has 5 rings (SSSR count). The summed E-state index contributed by atoms with van der Waals surface area (Å²) in [6.45, 7) is 6.95. The molecule has 1 aliphatic rings. The maximum atomic E-state index is 13.9. The number of rotatable bonds is 9. The van der Waals surface area contributed by atoms with E-state index in [1.807, 2.05) is 47.4 Å². The van der Waals surface area contributed by atoms with Crippen molar-refractivity contribution in [3.05, 3.63) is 95.1 Å². The van der Waals surface area contributed by atoms with Gasteiger partial charge in [0.2, 0.25) is 0 Å². The minimum Gasteiger partial charge on any atom is -0.368 e. The van der Waals surface area contributed by atoms with Crippen LogP contribution in [0, 0.1) is 0 Å². The highest BCUT2D eigenvalue weighted by molar-refractivity contribution is 5.57. The molecule has 186 valence electrons. The van der Waals surface area contributed by atoms with Crippen LogP contribution < -0.4 is 11.0 Å². The van der Waals surface area contributed by atoms with E-state index in [2.05, 4.69) is 81.8 Å². The van der Waals surface area contributed by atoms with E-state index in [-0.39, 0.29) is 5.69 Å². The fourth-order valence-electron chi connectivity index (χ4n) is 4.87. The molecule has 0 bridgehead atoms. The summed E-state index contributed by atoms with van der Waals surface area (Å²) >= 11 is 0. The first-order valence-electron chi connectivity index (χ1n) is 12.5. The van der Waals surface area contributed by atoms with E-state index >= 15 is 0 Å². The van der Waals surface area contributed by atoms with Crippen LogP contribution in [0.5, 0.6) is 0 Å². The van der Waals surface area contributed by atoms with Gasteiger partial charge < -0.3 is 9.88 Å². The lowest BCUT2D eigenvalue weighted by atomic mass is 9.78. The number of aromatic nitrogens is 7. The van der Waals surface area contributed by atoms with Gasteiger partial charge in [-0.2, -0.15) is 0 Å². The van der Waals surface area contributed by atoms with Crippen LogP contribution in [0.4, 0.5) is 0 Å². The van der Waals surface area contributed by atoms with Crippen LogP contribution in [0.15, 0.2) is 78.1 Å². The molecule has 0 saturated heterocycles. The number of imidazole rings is 1. The molecule has 9 nitrogen and oxygen atoms in total. The van der Waals surface area contributed by atoms with E-state index < -0.39 is 5.41 Å². The number of tetrazole rings is 1. The summed E-state index contributed by atoms with van der Waals surface area (Å²) in [6.07, 6.45) is 14.9. The van der Waals surface area contributed by atoms with Gasteiger partial charge in [0.15, 0.2) is 5.82 Å². The molecule has 0 fully saturated rings. The van der Waals surface area contributed by atoms with Crippen LogP contribution in [0.2, 0.25) is 0 Å². The maximum Gasteiger partial charge on any atom is 0.334 e. The normalized spacial score (nSPS) is 15.2. The van der Waals surface area contributed by atoms with Gasteiger partial charge in [0.1, 0.15) is 5.82 Å². The van der Waals surface area contributed by atoms with Crippen molar-refractivity contribution in [1.29, 1.82) is 0 Å². The highest BCUT2D eigenvalue weighted by Gasteiger charge is 2.31. The maximum absolute atomic E-state index is 13.9. The average molecular weight is 485 g/mol. The lowest BCUT2D eigenvalue weighted by molar-refractivity contribution is 0.493. The van der Waals surface area contributed by atoms with Crippen molar-refractivity contribution in [3.8, 4) is 17.2 Å². The van der Waals surface area contributed by atoms with Gasteiger partial charge in [-0.1, -0.05) is 50.6 Å². The predicted octanol–water partition coefficient (Wildman–Crippen LogP) is 4.11. The van der Waals surface area contributed by atoms with Gasteiger partial charge in [-0.05, 0) is 66.4 Å². The van der Waals surface area contributed by atoms with Gasteiger partial charge in [0.25, 0.3) is 0 Å². The number of benzene rings is 1. The Morgan fingerprint density at radius 3 is 2.67 bits per heavy atom. The highest BCUT2D eigenvalue weighted by atomic mass is 16.1. The minimum absolute atomic E-state index is 0.0306. The molecule has 2 N–H and O–H groups in total. The Balaban J connectivity index is 1.61. The molecular weight excluding hydrogens is 452 g/mol. The lowest BCUT2D eigenvalue weighted by Gasteiger charge is -2.31. The largest absolute Gasteiger partial charge is 0.368 e. The first-order valence-corrected chi connectivity index (χ1v) is 12.5. The first-order chi connectivity index (χ1) is 17.6. The summed E-state index contributed by atoms with van der Waals surface area (Å²) in [4.78, 5) is 13.9. The van der Waals surface area contributed by atoms with Gasteiger partial charge >= 0.3 is 5.69 Å². The zero-order valence-corrected chi connectivity index (χ0v) is 20.9. The number of allylic oxidation sites excluding steroid dienone is 2. The average Bonchev–Trinajstić information content (AvgIpc) is 3.67. The molecule has 0 amide bonds. The number of nitrogens with zero attached hydrogens (tertiary/aromatic N) is 6. The van der Waals surface area contributed by atoms with Gasteiger partial charge in [0, 0.05) is 36.2 Å². The van der Waals surface area contributed by atoms with E-state index in [0.29, 0.717) is 18.4 Å². The second-order valence-corrected chi connectivity index (χ2v) is 9.34. The van der Waals surface area contributed by atoms with Crippen LogP contribution in [0.1, 0.15) is 50.9 Å². The molecule has 0 radical (unpaired) electrons. The number of aryl methyl sites for hydroxylation is 1. The number of dihydropyridines is 1. The monoisotopic (exact) mass is 484 g/mol.